The Labute approximate surface area is 119 Å². The Morgan fingerprint density at radius 1 is 1.45 bits per heavy atom. The van der Waals surface area contributed by atoms with Crippen LogP contribution in [0.5, 0.6) is 0 Å². The van der Waals surface area contributed by atoms with Crippen LogP contribution in [-0.2, 0) is 10.2 Å². The van der Waals surface area contributed by atoms with Crippen molar-refractivity contribution in [1.82, 2.24) is 4.31 Å². The predicted molar refractivity (Wildman–Crippen MR) is 80.0 cm³/mol. The molecule has 1 aromatic carbocycles. The average Bonchev–Trinajstić information content (AvgIpc) is 2.38. The number of benzene rings is 1. The SMILES string of the molecule is CC1CCCCN1S(=O)(=O)Nc1cccc(C(=N)N)c1. The van der Waals surface area contributed by atoms with Crippen molar-refractivity contribution in [3.8, 4) is 0 Å². The molecule has 1 aliphatic rings. The van der Waals surface area contributed by atoms with Crippen molar-refractivity contribution in [2.24, 2.45) is 5.73 Å². The van der Waals surface area contributed by atoms with Gasteiger partial charge in [0.1, 0.15) is 5.84 Å². The highest BCUT2D eigenvalue weighted by Gasteiger charge is 2.29. The van der Waals surface area contributed by atoms with Crippen molar-refractivity contribution in [2.75, 3.05) is 11.3 Å². The molecule has 1 unspecified atom stereocenters. The summed E-state index contributed by atoms with van der Waals surface area (Å²) in [6, 6.07) is 6.57. The van der Waals surface area contributed by atoms with Crippen molar-refractivity contribution in [1.29, 1.82) is 5.41 Å². The zero-order chi connectivity index (χ0) is 14.8. The Balaban J connectivity index is 2.19. The van der Waals surface area contributed by atoms with Gasteiger partial charge in [-0.05, 0) is 31.9 Å². The van der Waals surface area contributed by atoms with Crippen LogP contribution in [0, 0.1) is 5.41 Å². The summed E-state index contributed by atoms with van der Waals surface area (Å²) in [6.45, 7) is 2.47. The van der Waals surface area contributed by atoms with Gasteiger partial charge in [0.2, 0.25) is 0 Å². The number of anilines is 1. The minimum absolute atomic E-state index is 0.0113. The average molecular weight is 296 g/mol. The zero-order valence-electron chi connectivity index (χ0n) is 11.5. The number of amidine groups is 1. The largest absolute Gasteiger partial charge is 0.384 e. The fourth-order valence-corrected chi connectivity index (χ4v) is 3.88. The van der Waals surface area contributed by atoms with Crippen LogP contribution < -0.4 is 10.5 Å². The molecule has 0 bridgehead atoms. The van der Waals surface area contributed by atoms with E-state index in [2.05, 4.69) is 4.72 Å². The minimum Gasteiger partial charge on any atom is -0.384 e. The number of nitrogens with zero attached hydrogens (tertiary/aromatic N) is 1. The fraction of sp³-hybridized carbons (Fsp3) is 0.462. The molecule has 20 heavy (non-hydrogen) atoms. The smallest absolute Gasteiger partial charge is 0.301 e. The van der Waals surface area contributed by atoms with Crippen molar-refractivity contribution >= 4 is 21.7 Å². The van der Waals surface area contributed by atoms with Gasteiger partial charge in [-0.25, -0.2) is 0 Å². The van der Waals surface area contributed by atoms with Crippen molar-refractivity contribution in [2.45, 2.75) is 32.2 Å². The molecule has 4 N–H and O–H groups in total. The van der Waals surface area contributed by atoms with Gasteiger partial charge >= 0.3 is 10.2 Å². The summed E-state index contributed by atoms with van der Waals surface area (Å²) in [5.41, 5.74) is 6.33. The number of nitrogens with one attached hydrogen (secondary N) is 2. The highest BCUT2D eigenvalue weighted by molar-refractivity contribution is 7.90. The van der Waals surface area contributed by atoms with Crippen LogP contribution >= 0.6 is 0 Å². The number of nitrogens with two attached hydrogens (primary N) is 1. The summed E-state index contributed by atoms with van der Waals surface area (Å²) in [6.07, 6.45) is 2.83. The molecule has 0 spiro atoms. The lowest BCUT2D eigenvalue weighted by atomic mass is 10.1. The van der Waals surface area contributed by atoms with Gasteiger partial charge in [0, 0.05) is 18.2 Å². The molecule has 0 aromatic heterocycles. The molecule has 1 fully saturated rings. The van der Waals surface area contributed by atoms with Gasteiger partial charge in [0.25, 0.3) is 0 Å². The van der Waals surface area contributed by atoms with Crippen LogP contribution in [0.15, 0.2) is 24.3 Å². The number of hydrogen-bond donors (Lipinski definition) is 3. The van der Waals surface area contributed by atoms with Gasteiger partial charge in [-0.1, -0.05) is 18.6 Å². The van der Waals surface area contributed by atoms with Crippen molar-refractivity contribution < 1.29 is 8.42 Å². The Hall–Kier alpha value is -1.60. The quantitative estimate of drug-likeness (QED) is 0.580. The van der Waals surface area contributed by atoms with E-state index < -0.39 is 10.2 Å². The minimum atomic E-state index is -3.56. The second-order valence-electron chi connectivity index (χ2n) is 5.06. The summed E-state index contributed by atoms with van der Waals surface area (Å²) < 4.78 is 28.8. The predicted octanol–water partition coefficient (Wildman–Crippen LogP) is 1.50. The molecule has 1 atom stereocenters. The van der Waals surface area contributed by atoms with Crippen LogP contribution in [0.2, 0.25) is 0 Å². The summed E-state index contributed by atoms with van der Waals surface area (Å²) in [7, 11) is -3.56. The molecule has 1 aromatic rings. The van der Waals surface area contributed by atoms with Gasteiger partial charge < -0.3 is 5.73 Å². The van der Waals surface area contributed by atoms with Crippen molar-refractivity contribution in [3.63, 3.8) is 0 Å². The van der Waals surface area contributed by atoms with E-state index in [1.165, 1.54) is 4.31 Å². The molecule has 2 rings (SSSR count). The van der Waals surface area contributed by atoms with E-state index in [1.54, 1.807) is 24.3 Å². The Bertz CT molecular complexity index is 600. The lowest BCUT2D eigenvalue weighted by molar-refractivity contribution is 0.270. The van der Waals surface area contributed by atoms with Gasteiger partial charge in [0.05, 0.1) is 5.69 Å². The maximum absolute atomic E-state index is 12.4. The lowest BCUT2D eigenvalue weighted by Crippen LogP contribution is -2.44. The Morgan fingerprint density at radius 3 is 2.85 bits per heavy atom. The molecule has 0 amide bonds. The van der Waals surface area contributed by atoms with E-state index in [9.17, 15) is 8.42 Å². The molecular weight excluding hydrogens is 276 g/mol. The lowest BCUT2D eigenvalue weighted by Gasteiger charge is -2.32. The summed E-state index contributed by atoms with van der Waals surface area (Å²) in [4.78, 5) is 0. The standard InChI is InChI=1S/C13H20N4O2S/c1-10-5-2-3-8-17(10)20(18,19)16-12-7-4-6-11(9-12)13(14)15/h4,6-7,9-10,16H,2-3,5,8H2,1H3,(H3,14,15). The highest BCUT2D eigenvalue weighted by Crippen LogP contribution is 2.22. The summed E-state index contributed by atoms with van der Waals surface area (Å²) >= 11 is 0. The first-order valence-electron chi connectivity index (χ1n) is 6.64. The third-order valence-electron chi connectivity index (χ3n) is 3.47. The number of nitrogen functional groups attached to an aromatic ring is 1. The van der Waals surface area contributed by atoms with Crippen LogP contribution in [0.1, 0.15) is 31.7 Å². The zero-order valence-corrected chi connectivity index (χ0v) is 12.3. The molecule has 1 aliphatic heterocycles. The molecule has 0 saturated carbocycles. The van der Waals surface area contributed by atoms with E-state index >= 15 is 0 Å². The summed E-state index contributed by atoms with van der Waals surface area (Å²) in [5, 5.41) is 7.38. The van der Waals surface area contributed by atoms with Crippen LogP contribution in [0.25, 0.3) is 0 Å². The molecule has 6 nitrogen and oxygen atoms in total. The second kappa shape index (κ2) is 5.80. The molecule has 0 radical (unpaired) electrons. The van der Waals surface area contributed by atoms with E-state index in [1.807, 2.05) is 6.92 Å². The van der Waals surface area contributed by atoms with Crippen LogP contribution in [0.3, 0.4) is 0 Å². The molecule has 110 valence electrons. The highest BCUT2D eigenvalue weighted by atomic mass is 32.2. The molecule has 1 saturated heterocycles. The number of piperidine rings is 1. The molecular formula is C13H20N4O2S. The van der Waals surface area contributed by atoms with E-state index in [4.69, 9.17) is 11.1 Å². The molecule has 7 heteroatoms. The first-order valence-corrected chi connectivity index (χ1v) is 8.08. The van der Waals surface area contributed by atoms with E-state index in [0.717, 1.165) is 19.3 Å². The first kappa shape index (κ1) is 14.8. The first-order chi connectivity index (χ1) is 9.40. The maximum Gasteiger partial charge on any atom is 0.301 e. The van der Waals surface area contributed by atoms with Crippen LogP contribution in [-0.4, -0.2) is 31.1 Å². The number of hydrogen-bond acceptors (Lipinski definition) is 3. The van der Waals surface area contributed by atoms with Gasteiger partial charge in [-0.15, -0.1) is 0 Å². The third kappa shape index (κ3) is 3.29. The normalized spacial score (nSPS) is 20.6. The Morgan fingerprint density at radius 2 is 2.20 bits per heavy atom. The van der Waals surface area contributed by atoms with Crippen molar-refractivity contribution in [3.05, 3.63) is 29.8 Å². The second-order valence-corrected chi connectivity index (χ2v) is 6.68. The molecule has 1 heterocycles. The number of rotatable bonds is 4. The van der Waals surface area contributed by atoms with E-state index in [0.29, 0.717) is 17.8 Å². The van der Waals surface area contributed by atoms with E-state index in [-0.39, 0.29) is 11.9 Å². The van der Waals surface area contributed by atoms with Gasteiger partial charge in [-0.2, -0.15) is 12.7 Å². The van der Waals surface area contributed by atoms with Crippen LogP contribution in [0.4, 0.5) is 5.69 Å². The monoisotopic (exact) mass is 296 g/mol. The molecule has 0 aliphatic carbocycles. The fourth-order valence-electron chi connectivity index (χ4n) is 2.39. The van der Waals surface area contributed by atoms with Gasteiger partial charge in [-0.3, -0.25) is 10.1 Å². The maximum atomic E-state index is 12.4. The Kier molecular flexibility index (Phi) is 4.29. The van der Waals surface area contributed by atoms with Gasteiger partial charge in [0.15, 0.2) is 0 Å². The summed E-state index contributed by atoms with van der Waals surface area (Å²) in [5.74, 6) is -0.0858. The topological polar surface area (TPSA) is 99.3 Å². The third-order valence-corrected chi connectivity index (χ3v) is 5.12.